The molecule has 2 aromatic heterocycles. The van der Waals surface area contributed by atoms with Crippen LogP contribution in [0.5, 0.6) is 11.5 Å². The summed E-state index contributed by atoms with van der Waals surface area (Å²) >= 11 is 2.54. The number of rotatable bonds is 9. The Morgan fingerprint density at radius 2 is 1.94 bits per heavy atom. The van der Waals surface area contributed by atoms with Crippen LogP contribution in [0.3, 0.4) is 0 Å². The molecule has 33 heavy (non-hydrogen) atoms. The molecule has 9 nitrogen and oxygen atoms in total. The van der Waals surface area contributed by atoms with E-state index in [1.807, 2.05) is 0 Å². The Labute approximate surface area is 198 Å². The summed E-state index contributed by atoms with van der Waals surface area (Å²) in [7, 11) is 3.08. The molecule has 2 heterocycles. The lowest BCUT2D eigenvalue weighted by molar-refractivity contribution is -0.113. The van der Waals surface area contributed by atoms with Crippen molar-refractivity contribution >= 4 is 40.0 Å². The number of nitrogens with zero attached hydrogens (tertiary/aromatic N) is 2. The Bertz CT molecular complexity index is 1150. The molecule has 0 fully saturated rings. The van der Waals surface area contributed by atoms with Gasteiger partial charge in [-0.1, -0.05) is 17.8 Å². The number of methoxy groups -OCH3 is 2. The van der Waals surface area contributed by atoms with Crippen molar-refractivity contribution < 1.29 is 28.2 Å². The Morgan fingerprint density at radius 3 is 2.64 bits per heavy atom. The van der Waals surface area contributed by atoms with Gasteiger partial charge in [-0.05, 0) is 43.9 Å². The highest BCUT2D eigenvalue weighted by atomic mass is 32.2. The Morgan fingerprint density at radius 1 is 1.18 bits per heavy atom. The number of aromatic nitrogens is 2. The predicted octanol–water partition coefficient (Wildman–Crippen LogP) is 4.21. The summed E-state index contributed by atoms with van der Waals surface area (Å²) in [5, 5.41) is 11.7. The monoisotopic (exact) mass is 489 g/mol. The van der Waals surface area contributed by atoms with E-state index in [0.717, 1.165) is 41.5 Å². The average Bonchev–Trinajstić information content (AvgIpc) is 3.53. The van der Waals surface area contributed by atoms with Gasteiger partial charge >= 0.3 is 5.97 Å². The van der Waals surface area contributed by atoms with Crippen LogP contribution in [-0.2, 0) is 22.4 Å². The van der Waals surface area contributed by atoms with Crippen LogP contribution in [0.1, 0.15) is 34.1 Å². The number of aryl methyl sites for hydroxylation is 1. The number of fused-ring (bicyclic) bond motifs is 1. The predicted molar refractivity (Wildman–Crippen MR) is 124 cm³/mol. The number of hydrogen-bond donors (Lipinski definition) is 1. The smallest absolute Gasteiger partial charge is 0.341 e. The number of amides is 1. The first-order valence-electron chi connectivity index (χ1n) is 10.3. The van der Waals surface area contributed by atoms with Crippen LogP contribution in [0.15, 0.2) is 27.8 Å². The van der Waals surface area contributed by atoms with Crippen molar-refractivity contribution in [2.75, 3.05) is 31.9 Å². The number of nitrogens with one attached hydrogen (secondary N) is 1. The minimum atomic E-state index is -0.396. The zero-order chi connectivity index (χ0) is 23.4. The van der Waals surface area contributed by atoms with E-state index in [1.165, 1.54) is 11.3 Å². The van der Waals surface area contributed by atoms with Crippen molar-refractivity contribution in [3.05, 3.63) is 34.2 Å². The number of esters is 1. The molecule has 1 amide bonds. The first-order chi connectivity index (χ1) is 16.0. The standard InChI is InChI=1S/C22H23N3O6S2/c1-4-30-21(27)17-12-7-5-10-15(12)33-20(17)23-16(26)11-32-22-25-24-19(31-22)18-13(28-2)8-6-9-14(18)29-3/h6,8-9H,4-5,7,10-11H2,1-3H3,(H,23,26). The van der Waals surface area contributed by atoms with Crippen molar-refractivity contribution in [1.82, 2.24) is 10.2 Å². The van der Waals surface area contributed by atoms with E-state index in [-0.39, 0.29) is 29.4 Å². The van der Waals surface area contributed by atoms with Gasteiger partial charge in [-0.15, -0.1) is 21.5 Å². The van der Waals surface area contributed by atoms with Crippen molar-refractivity contribution in [2.45, 2.75) is 31.4 Å². The van der Waals surface area contributed by atoms with Gasteiger partial charge in [0.25, 0.3) is 11.1 Å². The minimum Gasteiger partial charge on any atom is -0.496 e. The molecule has 0 saturated heterocycles. The molecule has 0 bridgehead atoms. The third-order valence-electron chi connectivity index (χ3n) is 5.03. The van der Waals surface area contributed by atoms with Gasteiger partial charge in [0, 0.05) is 4.88 Å². The molecule has 0 saturated carbocycles. The summed E-state index contributed by atoms with van der Waals surface area (Å²) in [5.41, 5.74) is 2.02. The number of carbonyl (C=O) groups is 2. The Kier molecular flexibility index (Phi) is 7.19. The van der Waals surface area contributed by atoms with E-state index in [4.69, 9.17) is 18.6 Å². The van der Waals surface area contributed by atoms with E-state index in [2.05, 4.69) is 15.5 Å². The Balaban J connectivity index is 1.45. The van der Waals surface area contributed by atoms with Gasteiger partial charge in [-0.3, -0.25) is 4.79 Å². The SMILES string of the molecule is CCOC(=O)c1c(NC(=O)CSc2nnc(-c3c(OC)cccc3OC)o2)sc2c1CCC2. The number of carbonyl (C=O) groups excluding carboxylic acids is 2. The van der Waals surface area contributed by atoms with Gasteiger partial charge in [0.15, 0.2) is 0 Å². The third-order valence-corrected chi connectivity index (χ3v) is 7.05. The van der Waals surface area contributed by atoms with Crippen LogP contribution in [0.25, 0.3) is 11.5 Å². The summed E-state index contributed by atoms with van der Waals surface area (Å²) in [4.78, 5) is 26.2. The number of anilines is 1. The molecule has 1 aliphatic carbocycles. The van der Waals surface area contributed by atoms with Crippen molar-refractivity contribution in [2.24, 2.45) is 0 Å². The lowest BCUT2D eigenvalue weighted by Gasteiger charge is -2.09. The first kappa shape index (κ1) is 23.1. The molecule has 1 aromatic carbocycles. The largest absolute Gasteiger partial charge is 0.496 e. The number of ether oxygens (including phenoxy) is 3. The fourth-order valence-corrected chi connectivity index (χ4v) is 5.49. The summed E-state index contributed by atoms with van der Waals surface area (Å²) in [6, 6.07) is 5.33. The maximum Gasteiger partial charge on any atom is 0.341 e. The molecule has 4 rings (SSSR count). The highest BCUT2D eigenvalue weighted by molar-refractivity contribution is 7.99. The Hall–Kier alpha value is -3.05. The zero-order valence-electron chi connectivity index (χ0n) is 18.4. The molecule has 0 spiro atoms. The maximum atomic E-state index is 12.6. The van der Waals surface area contributed by atoms with Gasteiger partial charge in [-0.25, -0.2) is 4.79 Å². The molecule has 174 valence electrons. The normalized spacial score (nSPS) is 12.3. The summed E-state index contributed by atoms with van der Waals surface area (Å²) in [6.07, 6.45) is 2.74. The molecule has 3 aromatic rings. The molecule has 0 aliphatic heterocycles. The molecule has 1 N–H and O–H groups in total. The zero-order valence-corrected chi connectivity index (χ0v) is 20.1. The topological polar surface area (TPSA) is 113 Å². The second-order valence-corrected chi connectivity index (χ2v) is 9.06. The van der Waals surface area contributed by atoms with Crippen molar-refractivity contribution in [3.63, 3.8) is 0 Å². The minimum absolute atomic E-state index is 0.0372. The summed E-state index contributed by atoms with van der Waals surface area (Å²) in [5.74, 6) is 0.656. The number of thiophene rings is 1. The van der Waals surface area contributed by atoms with Gasteiger partial charge in [-0.2, -0.15) is 0 Å². The van der Waals surface area contributed by atoms with E-state index in [9.17, 15) is 9.59 Å². The highest BCUT2D eigenvalue weighted by Crippen LogP contribution is 2.40. The fourth-order valence-electron chi connectivity index (χ4n) is 3.63. The van der Waals surface area contributed by atoms with Gasteiger partial charge < -0.3 is 23.9 Å². The molecule has 1 aliphatic rings. The molecular formula is C22H23N3O6S2. The van der Waals surface area contributed by atoms with E-state index in [0.29, 0.717) is 27.6 Å². The number of benzene rings is 1. The fraction of sp³-hybridized carbons (Fsp3) is 0.364. The van der Waals surface area contributed by atoms with E-state index >= 15 is 0 Å². The average molecular weight is 490 g/mol. The third kappa shape index (κ3) is 4.83. The lowest BCUT2D eigenvalue weighted by atomic mass is 10.1. The van der Waals surface area contributed by atoms with Gasteiger partial charge in [0.1, 0.15) is 22.1 Å². The molecule has 11 heteroatoms. The van der Waals surface area contributed by atoms with Crippen LogP contribution in [-0.4, -0.2) is 48.7 Å². The first-order valence-corrected chi connectivity index (χ1v) is 12.1. The summed E-state index contributed by atoms with van der Waals surface area (Å²) < 4.78 is 21.7. The number of hydrogen-bond acceptors (Lipinski definition) is 10. The maximum absolute atomic E-state index is 12.6. The van der Waals surface area contributed by atoms with Crippen LogP contribution in [0.4, 0.5) is 5.00 Å². The van der Waals surface area contributed by atoms with Crippen LogP contribution in [0.2, 0.25) is 0 Å². The van der Waals surface area contributed by atoms with Crippen LogP contribution >= 0.6 is 23.1 Å². The molecule has 0 radical (unpaired) electrons. The number of thioether (sulfide) groups is 1. The lowest BCUT2D eigenvalue weighted by Crippen LogP contribution is -2.16. The molecule has 0 atom stereocenters. The van der Waals surface area contributed by atoms with E-state index in [1.54, 1.807) is 39.3 Å². The molecular weight excluding hydrogens is 466 g/mol. The van der Waals surface area contributed by atoms with Crippen molar-refractivity contribution in [3.8, 4) is 23.0 Å². The van der Waals surface area contributed by atoms with Crippen LogP contribution in [0, 0.1) is 0 Å². The van der Waals surface area contributed by atoms with E-state index < -0.39 is 5.97 Å². The quantitative estimate of drug-likeness (QED) is 0.349. The second-order valence-electron chi connectivity index (χ2n) is 7.03. The highest BCUT2D eigenvalue weighted by Gasteiger charge is 2.28. The second kappa shape index (κ2) is 10.3. The van der Waals surface area contributed by atoms with Gasteiger partial charge in [0.05, 0.1) is 32.1 Å². The summed E-state index contributed by atoms with van der Waals surface area (Å²) in [6.45, 7) is 2.04. The van der Waals surface area contributed by atoms with Gasteiger partial charge in [0.2, 0.25) is 5.91 Å². The van der Waals surface area contributed by atoms with Crippen molar-refractivity contribution in [1.29, 1.82) is 0 Å². The van der Waals surface area contributed by atoms with Crippen LogP contribution < -0.4 is 14.8 Å². The molecule has 0 unspecified atom stereocenters.